The van der Waals surface area contributed by atoms with Gasteiger partial charge in [0.25, 0.3) is 0 Å². The predicted molar refractivity (Wildman–Crippen MR) is 144 cm³/mol. The van der Waals surface area contributed by atoms with E-state index >= 15 is 0 Å². The van der Waals surface area contributed by atoms with Gasteiger partial charge in [-0.3, -0.25) is 9.59 Å². The number of allylic oxidation sites excluding steroid dienone is 2. The van der Waals surface area contributed by atoms with Crippen molar-refractivity contribution in [1.29, 1.82) is 0 Å². The van der Waals surface area contributed by atoms with Gasteiger partial charge in [-0.1, -0.05) is 99.7 Å². The molecule has 186 valence electrons. The second kappa shape index (κ2) is 12.9. The molecule has 2 aromatic carbocycles. The standard InChI is InChI=1S/C31H39NO3/c1-7-21-32-29(33)27(22(5)26(8-2)24-17-13-11-14-18-24)28(30(34)35)23(6)31(9-3,10-4)25-19-15-12-16-20-25/h7,9-20,22-23,26-28H,1,3-4,8,21H2,2,5-6H3,(H,32,33)(H,34,35). The molecule has 0 aromatic heterocycles. The maximum absolute atomic E-state index is 13.6. The van der Waals surface area contributed by atoms with Crippen LogP contribution in [0.15, 0.2) is 98.6 Å². The lowest BCUT2D eigenvalue weighted by molar-refractivity contribution is -0.152. The van der Waals surface area contributed by atoms with Crippen LogP contribution in [0.2, 0.25) is 0 Å². The van der Waals surface area contributed by atoms with Crippen LogP contribution in [-0.2, 0) is 15.0 Å². The van der Waals surface area contributed by atoms with Crippen LogP contribution in [0, 0.1) is 23.7 Å². The van der Waals surface area contributed by atoms with Crippen LogP contribution >= 0.6 is 0 Å². The maximum atomic E-state index is 13.6. The summed E-state index contributed by atoms with van der Waals surface area (Å²) < 4.78 is 0. The van der Waals surface area contributed by atoms with E-state index in [0.717, 1.165) is 17.5 Å². The maximum Gasteiger partial charge on any atom is 0.307 e. The van der Waals surface area contributed by atoms with E-state index < -0.39 is 29.1 Å². The zero-order chi connectivity index (χ0) is 26.0. The normalized spacial score (nSPS) is 15.6. The van der Waals surface area contributed by atoms with Gasteiger partial charge in [0.2, 0.25) is 5.91 Å². The van der Waals surface area contributed by atoms with Crippen LogP contribution in [0.1, 0.15) is 44.2 Å². The van der Waals surface area contributed by atoms with Crippen LogP contribution in [0.25, 0.3) is 0 Å². The Kier molecular flexibility index (Phi) is 10.3. The number of carboxylic acids is 1. The van der Waals surface area contributed by atoms with Gasteiger partial charge in [0.15, 0.2) is 0 Å². The largest absolute Gasteiger partial charge is 0.481 e. The monoisotopic (exact) mass is 473 g/mol. The Labute approximate surface area is 210 Å². The number of carbonyl (C=O) groups excluding carboxylic acids is 1. The van der Waals surface area contributed by atoms with E-state index in [4.69, 9.17) is 0 Å². The zero-order valence-electron chi connectivity index (χ0n) is 21.2. The molecule has 4 heteroatoms. The van der Waals surface area contributed by atoms with Crippen molar-refractivity contribution in [2.75, 3.05) is 6.54 Å². The number of hydrogen-bond donors (Lipinski definition) is 2. The molecule has 0 aliphatic carbocycles. The Hall–Kier alpha value is -3.40. The van der Waals surface area contributed by atoms with Gasteiger partial charge >= 0.3 is 5.97 Å². The molecule has 5 atom stereocenters. The molecule has 5 unspecified atom stereocenters. The minimum Gasteiger partial charge on any atom is -0.481 e. The number of hydrogen-bond acceptors (Lipinski definition) is 2. The van der Waals surface area contributed by atoms with Crippen molar-refractivity contribution in [3.63, 3.8) is 0 Å². The van der Waals surface area contributed by atoms with Gasteiger partial charge in [-0.2, -0.15) is 0 Å². The summed E-state index contributed by atoms with van der Waals surface area (Å²) in [4.78, 5) is 26.6. The summed E-state index contributed by atoms with van der Waals surface area (Å²) in [6, 6.07) is 19.7. The van der Waals surface area contributed by atoms with Crippen LogP contribution in [0.5, 0.6) is 0 Å². The van der Waals surface area contributed by atoms with Crippen LogP contribution in [0.3, 0.4) is 0 Å². The molecule has 0 saturated carbocycles. The number of amides is 1. The Balaban J connectivity index is 2.66. The smallest absolute Gasteiger partial charge is 0.307 e. The van der Waals surface area contributed by atoms with Gasteiger partial charge in [-0.05, 0) is 35.3 Å². The van der Waals surface area contributed by atoms with Crippen molar-refractivity contribution in [3.05, 3.63) is 110 Å². The summed E-state index contributed by atoms with van der Waals surface area (Å²) in [5.41, 5.74) is 1.18. The fraction of sp³-hybridized carbons (Fsp3) is 0.355. The van der Waals surface area contributed by atoms with E-state index in [1.165, 1.54) is 0 Å². The summed E-state index contributed by atoms with van der Waals surface area (Å²) in [5, 5.41) is 13.5. The quantitative estimate of drug-likeness (QED) is 0.313. The lowest BCUT2D eigenvalue weighted by atomic mass is 9.60. The summed E-state index contributed by atoms with van der Waals surface area (Å²) >= 11 is 0. The highest BCUT2D eigenvalue weighted by atomic mass is 16.4. The average molecular weight is 474 g/mol. The lowest BCUT2D eigenvalue weighted by Crippen LogP contribution is -2.49. The van der Waals surface area contributed by atoms with Gasteiger partial charge in [0, 0.05) is 12.0 Å². The molecule has 2 rings (SSSR count). The van der Waals surface area contributed by atoms with Gasteiger partial charge in [0.1, 0.15) is 0 Å². The molecule has 0 radical (unpaired) electrons. The van der Waals surface area contributed by atoms with Crippen molar-refractivity contribution in [1.82, 2.24) is 5.32 Å². The third-order valence-corrected chi connectivity index (χ3v) is 7.51. The van der Waals surface area contributed by atoms with Crippen molar-refractivity contribution in [2.24, 2.45) is 23.7 Å². The molecular formula is C31H39NO3. The number of aliphatic carboxylic acids is 1. The first-order valence-corrected chi connectivity index (χ1v) is 12.3. The second-order valence-corrected chi connectivity index (χ2v) is 9.20. The van der Waals surface area contributed by atoms with Crippen molar-refractivity contribution in [3.8, 4) is 0 Å². The van der Waals surface area contributed by atoms with Crippen LogP contribution in [0.4, 0.5) is 0 Å². The van der Waals surface area contributed by atoms with Gasteiger partial charge < -0.3 is 10.4 Å². The third-order valence-electron chi connectivity index (χ3n) is 7.51. The molecule has 0 saturated heterocycles. The first-order valence-electron chi connectivity index (χ1n) is 12.3. The molecule has 2 aromatic rings. The minimum absolute atomic E-state index is 0.0170. The molecule has 2 N–H and O–H groups in total. The lowest BCUT2D eigenvalue weighted by Gasteiger charge is -2.42. The number of carbonyl (C=O) groups is 2. The third kappa shape index (κ3) is 6.00. The van der Waals surface area contributed by atoms with E-state index in [1.54, 1.807) is 18.2 Å². The molecule has 35 heavy (non-hydrogen) atoms. The number of carboxylic acid groups (broad SMARTS) is 1. The van der Waals surface area contributed by atoms with Gasteiger partial charge in [0.05, 0.1) is 11.8 Å². The summed E-state index contributed by atoms with van der Waals surface area (Å²) in [5.74, 6) is -3.76. The van der Waals surface area contributed by atoms with E-state index in [9.17, 15) is 14.7 Å². The van der Waals surface area contributed by atoms with E-state index in [1.807, 2.05) is 74.5 Å². The summed E-state index contributed by atoms with van der Waals surface area (Å²) in [7, 11) is 0. The van der Waals surface area contributed by atoms with E-state index in [2.05, 4.69) is 32.0 Å². The number of rotatable bonds is 14. The zero-order valence-corrected chi connectivity index (χ0v) is 21.2. The Morgan fingerprint density at radius 2 is 1.49 bits per heavy atom. The van der Waals surface area contributed by atoms with Crippen LogP contribution in [-0.4, -0.2) is 23.5 Å². The average Bonchev–Trinajstić information content (AvgIpc) is 2.88. The minimum atomic E-state index is -1.00. The fourth-order valence-electron chi connectivity index (χ4n) is 5.54. The summed E-state index contributed by atoms with van der Waals surface area (Å²) in [6.45, 7) is 18.1. The predicted octanol–water partition coefficient (Wildman–Crippen LogP) is 6.38. The molecule has 0 fully saturated rings. The molecular weight excluding hydrogens is 434 g/mol. The van der Waals surface area contributed by atoms with E-state index in [-0.39, 0.29) is 24.3 Å². The number of benzene rings is 2. The molecule has 0 bridgehead atoms. The Morgan fingerprint density at radius 3 is 1.94 bits per heavy atom. The van der Waals surface area contributed by atoms with Crippen molar-refractivity contribution >= 4 is 11.9 Å². The molecule has 0 heterocycles. The first-order chi connectivity index (χ1) is 16.8. The highest BCUT2D eigenvalue weighted by Crippen LogP contribution is 2.46. The van der Waals surface area contributed by atoms with Gasteiger partial charge in [-0.15, -0.1) is 19.7 Å². The highest BCUT2D eigenvalue weighted by molar-refractivity contribution is 5.85. The van der Waals surface area contributed by atoms with Crippen LogP contribution < -0.4 is 5.32 Å². The molecule has 0 aliphatic rings. The summed E-state index contributed by atoms with van der Waals surface area (Å²) in [6.07, 6.45) is 5.90. The SMILES string of the molecule is C=CCNC(=O)C(C(C)C(CC)c1ccccc1)C(C(=O)O)C(C)C(C=C)(C=C)c1ccccc1. The first kappa shape index (κ1) is 27.8. The Bertz CT molecular complexity index is 990. The topological polar surface area (TPSA) is 66.4 Å². The fourth-order valence-corrected chi connectivity index (χ4v) is 5.54. The van der Waals surface area contributed by atoms with E-state index in [0.29, 0.717) is 0 Å². The Morgan fingerprint density at radius 1 is 0.943 bits per heavy atom. The van der Waals surface area contributed by atoms with Crippen molar-refractivity contribution in [2.45, 2.75) is 38.5 Å². The molecule has 4 nitrogen and oxygen atoms in total. The molecule has 1 amide bonds. The molecule has 0 spiro atoms. The number of nitrogens with one attached hydrogen (secondary N) is 1. The highest BCUT2D eigenvalue weighted by Gasteiger charge is 2.48. The van der Waals surface area contributed by atoms with Crippen molar-refractivity contribution < 1.29 is 14.7 Å². The second-order valence-electron chi connectivity index (χ2n) is 9.20. The molecule has 0 aliphatic heterocycles. The van der Waals surface area contributed by atoms with Gasteiger partial charge in [-0.25, -0.2) is 0 Å².